The highest BCUT2D eigenvalue weighted by atomic mass is 32.1. The fraction of sp³-hybridized carbons (Fsp3) is 0.308. The first kappa shape index (κ1) is 12.5. The van der Waals surface area contributed by atoms with Gasteiger partial charge in [0.1, 0.15) is 5.82 Å². The summed E-state index contributed by atoms with van der Waals surface area (Å²) >= 11 is 1.30. The Kier molecular flexibility index (Phi) is 2.97. The first-order valence-electron chi connectivity index (χ1n) is 5.95. The van der Waals surface area contributed by atoms with Crippen molar-refractivity contribution in [2.75, 3.05) is 5.73 Å². The van der Waals surface area contributed by atoms with Crippen LogP contribution >= 0.6 is 11.3 Å². The Labute approximate surface area is 112 Å². The van der Waals surface area contributed by atoms with Crippen LogP contribution in [0.15, 0.2) is 12.1 Å². The lowest BCUT2D eigenvalue weighted by Gasteiger charge is -2.22. The van der Waals surface area contributed by atoms with Crippen molar-refractivity contribution in [3.63, 3.8) is 0 Å². The van der Waals surface area contributed by atoms with Crippen molar-refractivity contribution in [3.8, 4) is 0 Å². The quantitative estimate of drug-likeness (QED) is 0.812. The van der Waals surface area contributed by atoms with Gasteiger partial charge in [0.15, 0.2) is 16.8 Å². The van der Waals surface area contributed by atoms with Crippen molar-refractivity contribution in [1.29, 1.82) is 0 Å². The summed E-state index contributed by atoms with van der Waals surface area (Å²) in [7, 11) is 0. The molecule has 0 saturated carbocycles. The SMILES string of the molecule is Nc1nc2c(s1)C(c1cc(F)c(F)cc1F)CCC2. The molecule has 0 bridgehead atoms. The van der Waals surface area contributed by atoms with Crippen molar-refractivity contribution < 1.29 is 13.2 Å². The lowest BCUT2D eigenvalue weighted by Crippen LogP contribution is -2.11. The zero-order valence-corrected chi connectivity index (χ0v) is 10.7. The first-order chi connectivity index (χ1) is 9.06. The predicted octanol–water partition coefficient (Wildman–Crippen LogP) is 3.61. The summed E-state index contributed by atoms with van der Waals surface area (Å²) in [5.74, 6) is -3.19. The van der Waals surface area contributed by atoms with Crippen LogP contribution in [0.3, 0.4) is 0 Å². The maximum absolute atomic E-state index is 13.9. The number of aryl methyl sites for hydroxylation is 1. The third kappa shape index (κ3) is 2.10. The predicted molar refractivity (Wildman–Crippen MR) is 67.6 cm³/mol. The Hall–Kier alpha value is -1.56. The van der Waals surface area contributed by atoms with E-state index in [-0.39, 0.29) is 11.5 Å². The molecule has 1 aromatic carbocycles. The lowest BCUT2D eigenvalue weighted by atomic mass is 9.86. The van der Waals surface area contributed by atoms with Gasteiger partial charge in [-0.2, -0.15) is 0 Å². The van der Waals surface area contributed by atoms with E-state index in [4.69, 9.17) is 5.73 Å². The molecule has 100 valence electrons. The van der Waals surface area contributed by atoms with Crippen molar-refractivity contribution >= 4 is 16.5 Å². The van der Waals surface area contributed by atoms with Crippen LogP contribution in [0.25, 0.3) is 0 Å². The summed E-state index contributed by atoms with van der Waals surface area (Å²) in [5.41, 5.74) is 6.70. The maximum Gasteiger partial charge on any atom is 0.180 e. The molecule has 2 nitrogen and oxygen atoms in total. The van der Waals surface area contributed by atoms with Crippen LogP contribution in [0, 0.1) is 17.5 Å². The van der Waals surface area contributed by atoms with Crippen molar-refractivity contribution in [1.82, 2.24) is 4.98 Å². The molecule has 0 fully saturated rings. The van der Waals surface area contributed by atoms with E-state index in [9.17, 15) is 13.2 Å². The van der Waals surface area contributed by atoms with Gasteiger partial charge in [0.05, 0.1) is 5.69 Å². The smallest absolute Gasteiger partial charge is 0.180 e. The van der Waals surface area contributed by atoms with Crippen molar-refractivity contribution in [3.05, 3.63) is 45.7 Å². The van der Waals surface area contributed by atoms with Gasteiger partial charge in [-0.05, 0) is 30.9 Å². The molecule has 19 heavy (non-hydrogen) atoms. The summed E-state index contributed by atoms with van der Waals surface area (Å²) in [4.78, 5) is 5.07. The van der Waals surface area contributed by atoms with Gasteiger partial charge in [0.25, 0.3) is 0 Å². The molecule has 6 heteroatoms. The molecule has 1 heterocycles. The fourth-order valence-corrected chi connectivity index (χ4v) is 3.57. The molecule has 0 spiro atoms. The largest absolute Gasteiger partial charge is 0.375 e. The van der Waals surface area contributed by atoms with Crippen LogP contribution in [0.4, 0.5) is 18.3 Å². The third-order valence-electron chi connectivity index (χ3n) is 3.38. The van der Waals surface area contributed by atoms with E-state index in [1.165, 1.54) is 11.3 Å². The zero-order valence-electron chi connectivity index (χ0n) is 9.92. The number of hydrogen-bond donors (Lipinski definition) is 1. The molecular weight excluding hydrogens is 273 g/mol. The Morgan fingerprint density at radius 3 is 2.68 bits per heavy atom. The number of nitrogen functional groups attached to an aromatic ring is 1. The van der Waals surface area contributed by atoms with Crippen LogP contribution in [0.5, 0.6) is 0 Å². The molecule has 3 rings (SSSR count). The van der Waals surface area contributed by atoms with Crippen LogP contribution in [0.2, 0.25) is 0 Å². The molecular formula is C13H11F3N2S. The summed E-state index contributed by atoms with van der Waals surface area (Å²) in [6, 6.07) is 1.55. The molecule has 0 amide bonds. The highest BCUT2D eigenvalue weighted by molar-refractivity contribution is 7.15. The van der Waals surface area contributed by atoms with Gasteiger partial charge >= 0.3 is 0 Å². The standard InChI is InChI=1S/C13H11F3N2S/c14-8-5-10(16)9(15)4-7(8)6-2-1-3-11-12(6)19-13(17)18-11/h4-6H,1-3H2,(H2,17,18). The van der Waals surface area contributed by atoms with E-state index in [1.54, 1.807) is 0 Å². The molecule has 1 atom stereocenters. The minimum Gasteiger partial charge on any atom is -0.375 e. The van der Waals surface area contributed by atoms with E-state index in [1.807, 2.05) is 0 Å². The number of nitrogens with two attached hydrogens (primary N) is 1. The molecule has 2 aromatic rings. The molecule has 0 radical (unpaired) electrons. The van der Waals surface area contributed by atoms with E-state index in [0.29, 0.717) is 17.6 Å². The van der Waals surface area contributed by atoms with Crippen molar-refractivity contribution in [2.24, 2.45) is 0 Å². The molecule has 0 saturated heterocycles. The fourth-order valence-electron chi connectivity index (χ4n) is 2.54. The van der Waals surface area contributed by atoms with Crippen LogP contribution in [0.1, 0.15) is 34.9 Å². The zero-order chi connectivity index (χ0) is 13.6. The number of anilines is 1. The summed E-state index contributed by atoms with van der Waals surface area (Å²) in [5, 5.41) is 0.430. The lowest BCUT2D eigenvalue weighted by molar-refractivity contribution is 0.482. The van der Waals surface area contributed by atoms with Gasteiger partial charge in [0, 0.05) is 16.9 Å². The van der Waals surface area contributed by atoms with Crippen LogP contribution < -0.4 is 5.73 Å². The molecule has 1 aliphatic carbocycles. The highest BCUT2D eigenvalue weighted by Gasteiger charge is 2.28. The molecule has 1 aliphatic rings. The molecule has 2 N–H and O–H groups in total. The number of nitrogens with zero attached hydrogens (tertiary/aromatic N) is 1. The minimum atomic E-state index is -1.17. The van der Waals surface area contributed by atoms with Crippen LogP contribution in [-0.4, -0.2) is 4.98 Å². The molecule has 0 aliphatic heterocycles. The maximum atomic E-state index is 13.9. The number of benzene rings is 1. The number of rotatable bonds is 1. The minimum absolute atomic E-state index is 0.184. The Bertz CT molecular complexity index is 639. The van der Waals surface area contributed by atoms with E-state index >= 15 is 0 Å². The number of fused-ring (bicyclic) bond motifs is 1. The highest BCUT2D eigenvalue weighted by Crippen LogP contribution is 2.41. The second-order valence-corrected chi connectivity index (χ2v) is 5.66. The molecule has 1 unspecified atom stereocenters. The Balaban J connectivity index is 2.11. The van der Waals surface area contributed by atoms with Crippen LogP contribution in [-0.2, 0) is 6.42 Å². The summed E-state index contributed by atoms with van der Waals surface area (Å²) < 4.78 is 40.2. The Morgan fingerprint density at radius 1 is 1.16 bits per heavy atom. The summed E-state index contributed by atoms with van der Waals surface area (Å²) in [6.07, 6.45) is 2.32. The van der Waals surface area contributed by atoms with Gasteiger partial charge in [0.2, 0.25) is 0 Å². The van der Waals surface area contributed by atoms with E-state index in [0.717, 1.165) is 29.5 Å². The van der Waals surface area contributed by atoms with Crippen molar-refractivity contribution in [2.45, 2.75) is 25.2 Å². The number of halogens is 3. The average molecular weight is 284 g/mol. The number of aromatic nitrogens is 1. The normalized spacial score (nSPS) is 18.4. The van der Waals surface area contributed by atoms with E-state index < -0.39 is 17.5 Å². The topological polar surface area (TPSA) is 38.9 Å². The average Bonchev–Trinajstić information content (AvgIpc) is 2.74. The Morgan fingerprint density at radius 2 is 1.89 bits per heavy atom. The second-order valence-electron chi connectivity index (χ2n) is 4.60. The third-order valence-corrected chi connectivity index (χ3v) is 4.42. The monoisotopic (exact) mass is 284 g/mol. The van der Waals surface area contributed by atoms with Gasteiger partial charge in [-0.25, -0.2) is 18.2 Å². The van der Waals surface area contributed by atoms with Gasteiger partial charge < -0.3 is 5.73 Å². The van der Waals surface area contributed by atoms with E-state index in [2.05, 4.69) is 4.98 Å². The summed E-state index contributed by atoms with van der Waals surface area (Å²) in [6.45, 7) is 0. The number of hydrogen-bond acceptors (Lipinski definition) is 3. The second kappa shape index (κ2) is 4.52. The van der Waals surface area contributed by atoms with Gasteiger partial charge in [-0.3, -0.25) is 0 Å². The number of thiazole rings is 1. The van der Waals surface area contributed by atoms with Gasteiger partial charge in [-0.15, -0.1) is 11.3 Å². The first-order valence-corrected chi connectivity index (χ1v) is 6.77. The molecule has 1 aromatic heterocycles. The van der Waals surface area contributed by atoms with Gasteiger partial charge in [-0.1, -0.05) is 0 Å².